The number of aromatic hydroxyl groups is 1. The maximum absolute atomic E-state index is 11.1. The number of aromatic amines is 1. The van der Waals surface area contributed by atoms with Crippen molar-refractivity contribution in [2.24, 2.45) is 0 Å². The van der Waals surface area contributed by atoms with Gasteiger partial charge in [0.25, 0.3) is 0 Å². The zero-order valence-corrected chi connectivity index (χ0v) is 11.1. The van der Waals surface area contributed by atoms with Crippen LogP contribution >= 0.6 is 22.9 Å². The summed E-state index contributed by atoms with van der Waals surface area (Å²) < 4.78 is 0. The predicted molar refractivity (Wildman–Crippen MR) is 74.0 cm³/mol. The van der Waals surface area contributed by atoms with Gasteiger partial charge in [0.05, 0.1) is 21.6 Å². The number of rotatable bonds is 2. The molecule has 0 amide bonds. The van der Waals surface area contributed by atoms with Crippen molar-refractivity contribution in [2.75, 3.05) is 0 Å². The highest BCUT2D eigenvalue weighted by Gasteiger charge is 2.09. The molecule has 2 N–H and O–H groups in total. The van der Waals surface area contributed by atoms with E-state index < -0.39 is 0 Å². The highest BCUT2D eigenvalue weighted by Crippen LogP contribution is 2.21. The van der Waals surface area contributed by atoms with Crippen LogP contribution in [0, 0.1) is 0 Å². The molecule has 0 aliphatic heterocycles. The van der Waals surface area contributed by atoms with E-state index in [1.54, 1.807) is 24.4 Å². The fourth-order valence-electron chi connectivity index (χ4n) is 1.74. The SMILES string of the molecule is O=c1[nH]c(O)c(Cc2cnc3ccc(Cl)cc3n2)s1. The second-order valence-corrected chi connectivity index (χ2v) is 5.46. The Kier molecular flexibility index (Phi) is 2.96. The molecular weight excluding hydrogens is 286 g/mol. The second kappa shape index (κ2) is 4.64. The molecule has 7 heteroatoms. The summed E-state index contributed by atoms with van der Waals surface area (Å²) in [5.41, 5.74) is 2.10. The van der Waals surface area contributed by atoms with E-state index in [0.29, 0.717) is 27.5 Å². The lowest BCUT2D eigenvalue weighted by molar-refractivity contribution is 0.451. The van der Waals surface area contributed by atoms with Gasteiger partial charge in [0, 0.05) is 17.6 Å². The van der Waals surface area contributed by atoms with Gasteiger partial charge in [-0.2, -0.15) is 0 Å². The lowest BCUT2D eigenvalue weighted by atomic mass is 10.2. The van der Waals surface area contributed by atoms with Gasteiger partial charge in [-0.25, -0.2) is 4.98 Å². The summed E-state index contributed by atoms with van der Waals surface area (Å²) in [5.74, 6) is -0.108. The van der Waals surface area contributed by atoms with E-state index in [9.17, 15) is 9.90 Å². The van der Waals surface area contributed by atoms with Gasteiger partial charge in [-0.3, -0.25) is 14.8 Å². The molecule has 2 aromatic heterocycles. The average Bonchev–Trinajstić information content (AvgIpc) is 2.67. The zero-order chi connectivity index (χ0) is 13.4. The summed E-state index contributed by atoms with van der Waals surface area (Å²) in [4.78, 5) is 22.4. The Morgan fingerprint density at radius 1 is 1.37 bits per heavy atom. The fourth-order valence-corrected chi connectivity index (χ4v) is 2.65. The molecule has 19 heavy (non-hydrogen) atoms. The van der Waals surface area contributed by atoms with E-state index in [4.69, 9.17) is 11.6 Å². The molecule has 0 aliphatic carbocycles. The van der Waals surface area contributed by atoms with Gasteiger partial charge >= 0.3 is 4.87 Å². The van der Waals surface area contributed by atoms with Crippen LogP contribution in [-0.2, 0) is 6.42 Å². The molecule has 3 rings (SSSR count). The molecule has 0 atom stereocenters. The van der Waals surface area contributed by atoms with Gasteiger partial charge in [0.2, 0.25) is 5.88 Å². The minimum absolute atomic E-state index is 0.108. The topological polar surface area (TPSA) is 78.9 Å². The minimum Gasteiger partial charge on any atom is -0.494 e. The molecule has 0 aliphatic rings. The lowest BCUT2D eigenvalue weighted by Crippen LogP contribution is -1.93. The van der Waals surface area contributed by atoms with Crippen molar-refractivity contribution < 1.29 is 5.11 Å². The van der Waals surface area contributed by atoms with Crippen LogP contribution in [0.3, 0.4) is 0 Å². The van der Waals surface area contributed by atoms with E-state index >= 15 is 0 Å². The first-order chi connectivity index (χ1) is 9.11. The van der Waals surface area contributed by atoms with Gasteiger partial charge < -0.3 is 5.11 Å². The van der Waals surface area contributed by atoms with Crippen molar-refractivity contribution in [3.63, 3.8) is 0 Å². The van der Waals surface area contributed by atoms with Gasteiger partial charge in [0.15, 0.2) is 0 Å². The van der Waals surface area contributed by atoms with Crippen molar-refractivity contribution in [1.82, 2.24) is 15.0 Å². The van der Waals surface area contributed by atoms with Crippen LogP contribution in [-0.4, -0.2) is 20.1 Å². The highest BCUT2D eigenvalue weighted by molar-refractivity contribution is 7.09. The van der Waals surface area contributed by atoms with Crippen LogP contribution in [0.15, 0.2) is 29.2 Å². The number of fused-ring (bicyclic) bond motifs is 1. The van der Waals surface area contributed by atoms with E-state index in [0.717, 1.165) is 16.9 Å². The summed E-state index contributed by atoms with van der Waals surface area (Å²) >= 11 is 6.87. The van der Waals surface area contributed by atoms with Crippen LogP contribution < -0.4 is 4.87 Å². The van der Waals surface area contributed by atoms with Gasteiger partial charge in [-0.05, 0) is 18.2 Å². The number of nitrogens with one attached hydrogen (secondary N) is 1. The monoisotopic (exact) mass is 293 g/mol. The summed E-state index contributed by atoms with van der Waals surface area (Å²) in [6.45, 7) is 0. The maximum atomic E-state index is 11.1. The number of thiazole rings is 1. The summed E-state index contributed by atoms with van der Waals surface area (Å²) in [6, 6.07) is 5.27. The molecule has 0 radical (unpaired) electrons. The standard InChI is InChI=1S/C12H8ClN3O2S/c13-6-1-2-8-9(3-6)15-7(5-14-8)4-10-11(17)16-12(18)19-10/h1-3,5,17H,4H2,(H,16,18). The lowest BCUT2D eigenvalue weighted by Gasteiger charge is -2.01. The van der Waals surface area contributed by atoms with Crippen LogP contribution in [0.4, 0.5) is 0 Å². The first-order valence-electron chi connectivity index (χ1n) is 5.44. The first kappa shape index (κ1) is 12.1. The van der Waals surface area contributed by atoms with Crippen LogP contribution in [0.1, 0.15) is 10.6 Å². The zero-order valence-electron chi connectivity index (χ0n) is 9.55. The van der Waals surface area contributed by atoms with Crippen LogP contribution in [0.5, 0.6) is 5.88 Å². The predicted octanol–water partition coefficient (Wildman–Crippen LogP) is 2.33. The number of benzene rings is 1. The molecule has 2 heterocycles. The molecule has 0 saturated heterocycles. The molecule has 5 nitrogen and oxygen atoms in total. The van der Waals surface area contributed by atoms with Crippen molar-refractivity contribution in [1.29, 1.82) is 0 Å². The summed E-state index contributed by atoms with van der Waals surface area (Å²) in [7, 11) is 0. The Bertz CT molecular complexity index is 812. The smallest absolute Gasteiger partial charge is 0.307 e. The molecule has 0 spiro atoms. The Balaban J connectivity index is 2.01. The Morgan fingerprint density at radius 2 is 2.21 bits per heavy atom. The molecule has 0 saturated carbocycles. The first-order valence-corrected chi connectivity index (χ1v) is 6.63. The van der Waals surface area contributed by atoms with Gasteiger partial charge in [0.1, 0.15) is 0 Å². The molecule has 0 fully saturated rings. The minimum atomic E-state index is -0.288. The Morgan fingerprint density at radius 3 is 2.95 bits per heavy atom. The summed E-state index contributed by atoms with van der Waals surface area (Å²) in [5, 5.41) is 10.1. The van der Waals surface area contributed by atoms with Crippen molar-refractivity contribution in [3.05, 3.63) is 49.7 Å². The Labute approximate surface area is 116 Å². The molecular formula is C12H8ClN3O2S. The number of hydrogen-bond donors (Lipinski definition) is 2. The second-order valence-electron chi connectivity index (χ2n) is 3.96. The van der Waals surface area contributed by atoms with Crippen molar-refractivity contribution >= 4 is 34.0 Å². The number of H-pyrrole nitrogens is 1. The average molecular weight is 294 g/mol. The fraction of sp³-hybridized carbons (Fsp3) is 0.0833. The normalized spacial score (nSPS) is 11.0. The third-order valence-electron chi connectivity index (χ3n) is 2.60. The van der Waals surface area contributed by atoms with Gasteiger partial charge in [-0.1, -0.05) is 22.9 Å². The molecule has 96 valence electrons. The van der Waals surface area contributed by atoms with E-state index in [1.807, 2.05) is 0 Å². The third kappa shape index (κ3) is 2.45. The third-order valence-corrected chi connectivity index (χ3v) is 3.70. The molecule has 1 aromatic carbocycles. The van der Waals surface area contributed by atoms with Crippen LogP contribution in [0.25, 0.3) is 11.0 Å². The molecule has 0 bridgehead atoms. The molecule has 3 aromatic rings. The number of nitrogens with zero attached hydrogens (tertiary/aromatic N) is 2. The number of halogens is 1. The molecule has 0 unspecified atom stereocenters. The maximum Gasteiger partial charge on any atom is 0.307 e. The van der Waals surface area contributed by atoms with Crippen molar-refractivity contribution in [2.45, 2.75) is 6.42 Å². The van der Waals surface area contributed by atoms with E-state index in [2.05, 4.69) is 15.0 Å². The Hall–Kier alpha value is -1.92. The van der Waals surface area contributed by atoms with Crippen LogP contribution in [0.2, 0.25) is 5.02 Å². The quantitative estimate of drug-likeness (QED) is 0.760. The van der Waals surface area contributed by atoms with E-state index in [-0.39, 0.29) is 10.8 Å². The summed E-state index contributed by atoms with van der Waals surface area (Å²) in [6.07, 6.45) is 1.98. The number of hydrogen-bond acceptors (Lipinski definition) is 5. The largest absolute Gasteiger partial charge is 0.494 e. The van der Waals surface area contributed by atoms with Gasteiger partial charge in [-0.15, -0.1) is 0 Å². The highest BCUT2D eigenvalue weighted by atomic mass is 35.5. The number of aromatic nitrogens is 3. The van der Waals surface area contributed by atoms with E-state index in [1.165, 1.54) is 0 Å². The van der Waals surface area contributed by atoms with Crippen molar-refractivity contribution in [3.8, 4) is 5.88 Å².